The van der Waals surface area contributed by atoms with E-state index in [9.17, 15) is 18.3 Å². The molecule has 1 unspecified atom stereocenters. The third-order valence-electron chi connectivity index (χ3n) is 3.40. The van der Waals surface area contributed by atoms with Gasteiger partial charge in [0.05, 0.1) is 0 Å². The van der Waals surface area contributed by atoms with E-state index in [1.807, 2.05) is 12.1 Å². The molecule has 0 aliphatic rings. The van der Waals surface area contributed by atoms with Gasteiger partial charge in [0.2, 0.25) is 0 Å². The predicted molar refractivity (Wildman–Crippen MR) is 72.5 cm³/mol. The molecule has 0 bridgehead atoms. The maximum Gasteiger partial charge on any atom is 0.418 e. The number of alkyl halides is 3. The van der Waals surface area contributed by atoms with Crippen molar-refractivity contribution in [2.45, 2.75) is 12.3 Å². The van der Waals surface area contributed by atoms with Gasteiger partial charge in [-0.1, -0.05) is 48.5 Å². The van der Waals surface area contributed by atoms with E-state index in [0.717, 1.165) is 5.39 Å². The van der Waals surface area contributed by atoms with E-state index in [0.29, 0.717) is 16.2 Å². The Hall–Kier alpha value is -2.07. The predicted octanol–water partition coefficient (Wildman–Crippen LogP) is 4.59. The minimum Gasteiger partial charge on any atom is -0.379 e. The summed E-state index contributed by atoms with van der Waals surface area (Å²) in [7, 11) is 0. The van der Waals surface area contributed by atoms with Gasteiger partial charge in [-0.25, -0.2) is 0 Å². The lowest BCUT2D eigenvalue weighted by atomic mass is 9.94. The molecule has 0 saturated heterocycles. The molecule has 0 aromatic heterocycles. The first-order valence-corrected chi connectivity index (χ1v) is 6.13. The van der Waals surface area contributed by atoms with Gasteiger partial charge >= 0.3 is 6.18 Å². The van der Waals surface area contributed by atoms with Gasteiger partial charge in [-0.05, 0) is 33.2 Å². The monoisotopic (exact) mass is 276 g/mol. The van der Waals surface area contributed by atoms with Crippen LogP contribution in [0.3, 0.4) is 0 Å². The number of hydrogen-bond donors (Lipinski definition) is 1. The highest BCUT2D eigenvalue weighted by atomic mass is 19.4. The summed E-state index contributed by atoms with van der Waals surface area (Å²) in [6.07, 6.45) is -7.15. The molecule has 1 N–H and O–H groups in total. The van der Waals surface area contributed by atoms with Gasteiger partial charge in [0.25, 0.3) is 0 Å². The second kappa shape index (κ2) is 4.49. The number of rotatable bonds is 1. The fourth-order valence-corrected chi connectivity index (χ4v) is 2.49. The fourth-order valence-electron chi connectivity index (χ4n) is 2.49. The fraction of sp³-hybridized carbons (Fsp3) is 0.125. The quantitative estimate of drug-likeness (QED) is 0.644. The van der Waals surface area contributed by atoms with Crippen LogP contribution >= 0.6 is 0 Å². The molecule has 3 aromatic carbocycles. The molecule has 0 amide bonds. The molecule has 0 aliphatic carbocycles. The third-order valence-corrected chi connectivity index (χ3v) is 3.40. The van der Waals surface area contributed by atoms with Crippen molar-refractivity contribution in [2.24, 2.45) is 0 Å². The minimum absolute atomic E-state index is 0.105. The van der Waals surface area contributed by atoms with Crippen molar-refractivity contribution in [3.63, 3.8) is 0 Å². The van der Waals surface area contributed by atoms with Gasteiger partial charge in [0.1, 0.15) is 0 Å². The normalized spacial score (nSPS) is 13.8. The molecule has 0 spiro atoms. The Kier molecular flexibility index (Phi) is 2.91. The Balaban J connectivity index is 2.41. The van der Waals surface area contributed by atoms with Crippen molar-refractivity contribution in [3.8, 4) is 0 Å². The third kappa shape index (κ3) is 2.02. The lowest BCUT2D eigenvalue weighted by molar-refractivity contribution is -0.206. The molecule has 20 heavy (non-hydrogen) atoms. The van der Waals surface area contributed by atoms with Gasteiger partial charge in [-0.3, -0.25) is 0 Å². The highest BCUT2D eigenvalue weighted by Crippen LogP contribution is 2.38. The van der Waals surface area contributed by atoms with Gasteiger partial charge in [-0.15, -0.1) is 0 Å². The van der Waals surface area contributed by atoms with Crippen LogP contribution in [0.4, 0.5) is 13.2 Å². The summed E-state index contributed by atoms with van der Waals surface area (Å²) >= 11 is 0. The Morgan fingerprint density at radius 3 is 2.00 bits per heavy atom. The summed E-state index contributed by atoms with van der Waals surface area (Å²) in [6.45, 7) is 0. The van der Waals surface area contributed by atoms with Crippen LogP contribution in [-0.2, 0) is 0 Å². The summed E-state index contributed by atoms with van der Waals surface area (Å²) in [5.41, 5.74) is -0.105. The smallest absolute Gasteiger partial charge is 0.379 e. The first-order valence-electron chi connectivity index (χ1n) is 6.13. The lowest BCUT2D eigenvalue weighted by Gasteiger charge is -2.18. The first-order chi connectivity index (χ1) is 9.48. The van der Waals surface area contributed by atoms with E-state index in [1.165, 1.54) is 6.07 Å². The molecular weight excluding hydrogens is 265 g/mol. The average molecular weight is 276 g/mol. The van der Waals surface area contributed by atoms with Crippen molar-refractivity contribution in [2.75, 3.05) is 0 Å². The standard InChI is InChI=1S/C16H11F3O/c17-16(18,19)15(20)14-9-10-5-1-2-6-11(10)12-7-3-4-8-13(12)14/h1-9,15,20H. The summed E-state index contributed by atoms with van der Waals surface area (Å²) in [4.78, 5) is 0. The van der Waals surface area contributed by atoms with Crippen molar-refractivity contribution in [3.05, 3.63) is 60.2 Å². The van der Waals surface area contributed by atoms with E-state index < -0.39 is 12.3 Å². The summed E-state index contributed by atoms with van der Waals surface area (Å²) < 4.78 is 38.4. The van der Waals surface area contributed by atoms with Gasteiger partial charge in [-0.2, -0.15) is 13.2 Å². The van der Waals surface area contributed by atoms with Crippen molar-refractivity contribution >= 4 is 21.5 Å². The van der Waals surface area contributed by atoms with Gasteiger partial charge < -0.3 is 5.11 Å². The van der Waals surface area contributed by atoms with Crippen LogP contribution in [0.15, 0.2) is 54.6 Å². The van der Waals surface area contributed by atoms with Crippen LogP contribution in [-0.4, -0.2) is 11.3 Å². The van der Waals surface area contributed by atoms with E-state index in [-0.39, 0.29) is 5.56 Å². The molecule has 0 heterocycles. The average Bonchev–Trinajstić information content (AvgIpc) is 2.44. The largest absolute Gasteiger partial charge is 0.418 e. The molecule has 3 rings (SSSR count). The van der Waals surface area contributed by atoms with Crippen molar-refractivity contribution in [1.29, 1.82) is 0 Å². The van der Waals surface area contributed by atoms with Crippen LogP contribution in [0.2, 0.25) is 0 Å². The first kappa shape index (κ1) is 12.9. The SMILES string of the molecule is OC(c1cc2ccccc2c2ccccc12)C(F)(F)F. The second-order valence-electron chi connectivity index (χ2n) is 4.68. The summed E-state index contributed by atoms with van der Waals surface area (Å²) in [6, 6.07) is 15.4. The number of aliphatic hydroxyl groups excluding tert-OH is 1. The van der Waals surface area contributed by atoms with Crippen LogP contribution in [0.25, 0.3) is 21.5 Å². The van der Waals surface area contributed by atoms with E-state index in [1.54, 1.807) is 36.4 Å². The summed E-state index contributed by atoms with van der Waals surface area (Å²) in [5.74, 6) is 0. The lowest BCUT2D eigenvalue weighted by Crippen LogP contribution is -2.20. The maximum atomic E-state index is 12.8. The summed E-state index contributed by atoms with van der Waals surface area (Å²) in [5, 5.41) is 12.3. The minimum atomic E-state index is -4.68. The van der Waals surface area contributed by atoms with Crippen LogP contribution in [0.1, 0.15) is 11.7 Å². The maximum absolute atomic E-state index is 12.8. The topological polar surface area (TPSA) is 20.2 Å². The van der Waals surface area contributed by atoms with E-state index >= 15 is 0 Å². The van der Waals surface area contributed by atoms with Crippen molar-refractivity contribution in [1.82, 2.24) is 0 Å². The highest BCUT2D eigenvalue weighted by Gasteiger charge is 2.40. The number of aliphatic hydroxyl groups is 1. The molecule has 102 valence electrons. The molecule has 0 radical (unpaired) electrons. The second-order valence-corrected chi connectivity index (χ2v) is 4.68. The molecule has 1 atom stereocenters. The molecule has 3 aromatic rings. The molecule has 4 heteroatoms. The number of fused-ring (bicyclic) bond motifs is 3. The molecule has 1 nitrogen and oxygen atoms in total. The zero-order valence-electron chi connectivity index (χ0n) is 10.4. The Morgan fingerprint density at radius 1 is 0.800 bits per heavy atom. The van der Waals surface area contributed by atoms with Crippen LogP contribution in [0, 0.1) is 0 Å². The number of hydrogen-bond acceptors (Lipinski definition) is 1. The number of benzene rings is 3. The zero-order valence-corrected chi connectivity index (χ0v) is 10.4. The Morgan fingerprint density at radius 2 is 1.35 bits per heavy atom. The Labute approximate surface area is 113 Å². The van der Waals surface area contributed by atoms with Crippen LogP contribution < -0.4 is 0 Å². The van der Waals surface area contributed by atoms with Gasteiger partial charge in [0.15, 0.2) is 6.10 Å². The number of halogens is 3. The molecule has 0 saturated carbocycles. The van der Waals surface area contributed by atoms with E-state index in [2.05, 4.69) is 0 Å². The van der Waals surface area contributed by atoms with Gasteiger partial charge in [0, 0.05) is 0 Å². The Bertz CT molecular complexity index is 777. The molecule has 0 fully saturated rings. The zero-order chi connectivity index (χ0) is 14.3. The van der Waals surface area contributed by atoms with E-state index in [4.69, 9.17) is 0 Å². The highest BCUT2D eigenvalue weighted by molar-refractivity contribution is 6.09. The van der Waals surface area contributed by atoms with Crippen LogP contribution in [0.5, 0.6) is 0 Å². The molecular formula is C16H11F3O. The van der Waals surface area contributed by atoms with Crippen molar-refractivity contribution < 1.29 is 18.3 Å². The molecule has 0 aliphatic heterocycles.